The van der Waals surface area contributed by atoms with Crippen LogP contribution >= 0.6 is 0 Å². The first kappa shape index (κ1) is 20.7. The van der Waals surface area contributed by atoms with E-state index in [1.165, 1.54) is 0 Å². The smallest absolute Gasteiger partial charge is 0.254 e. The van der Waals surface area contributed by atoms with Crippen molar-refractivity contribution in [3.63, 3.8) is 0 Å². The normalized spacial score (nSPS) is 16.3. The van der Waals surface area contributed by atoms with Crippen molar-refractivity contribution in [1.29, 1.82) is 0 Å². The predicted octanol–water partition coefficient (Wildman–Crippen LogP) is 3.46. The van der Waals surface area contributed by atoms with Gasteiger partial charge in [-0.3, -0.25) is 14.4 Å². The van der Waals surface area contributed by atoms with Crippen molar-refractivity contribution in [2.75, 3.05) is 25.0 Å². The van der Waals surface area contributed by atoms with E-state index in [1.807, 2.05) is 32.0 Å². The second-order valence-electron chi connectivity index (χ2n) is 7.30. The first-order valence-electron chi connectivity index (χ1n) is 9.83. The van der Waals surface area contributed by atoms with E-state index in [-0.39, 0.29) is 36.5 Å². The van der Waals surface area contributed by atoms with E-state index in [9.17, 15) is 14.4 Å². The molecule has 1 unspecified atom stereocenters. The third-order valence-corrected chi connectivity index (χ3v) is 4.97. The van der Waals surface area contributed by atoms with Gasteiger partial charge in [-0.2, -0.15) is 0 Å². The first-order chi connectivity index (χ1) is 13.9. The number of morpholine rings is 1. The summed E-state index contributed by atoms with van der Waals surface area (Å²) in [6.45, 7) is 5.53. The maximum atomic E-state index is 12.6. The third kappa shape index (κ3) is 5.51. The number of nitrogens with one attached hydrogen (secondary N) is 1. The van der Waals surface area contributed by atoms with Gasteiger partial charge >= 0.3 is 0 Å². The van der Waals surface area contributed by atoms with Crippen LogP contribution in [0.1, 0.15) is 46.0 Å². The molecule has 1 aliphatic rings. The number of ketones is 1. The molecule has 1 fully saturated rings. The second kappa shape index (κ2) is 9.47. The summed E-state index contributed by atoms with van der Waals surface area (Å²) >= 11 is 0. The van der Waals surface area contributed by atoms with Crippen molar-refractivity contribution in [2.24, 2.45) is 0 Å². The van der Waals surface area contributed by atoms with Crippen molar-refractivity contribution in [2.45, 2.75) is 32.8 Å². The standard InChI is InChI=1S/C23H26N2O4/c1-16-5-3-4-6-20(16)21(26)11-12-22(27)24-19-9-7-18(8-10-19)23(28)25-13-14-29-17(2)15-25/h3-10,17H,11-15H2,1-2H3,(H,24,27). The maximum absolute atomic E-state index is 12.6. The predicted molar refractivity (Wildman–Crippen MR) is 111 cm³/mol. The van der Waals surface area contributed by atoms with Crippen LogP contribution in [-0.4, -0.2) is 48.3 Å². The Morgan fingerprint density at radius 2 is 1.79 bits per heavy atom. The Kier molecular flexibility index (Phi) is 6.77. The Morgan fingerprint density at radius 3 is 2.48 bits per heavy atom. The maximum Gasteiger partial charge on any atom is 0.254 e. The van der Waals surface area contributed by atoms with Crippen LogP contribution < -0.4 is 5.32 Å². The lowest BCUT2D eigenvalue weighted by Crippen LogP contribution is -2.44. The molecular weight excluding hydrogens is 368 g/mol. The van der Waals surface area contributed by atoms with Crippen LogP contribution in [0.2, 0.25) is 0 Å². The molecule has 2 aromatic carbocycles. The molecule has 6 nitrogen and oxygen atoms in total. The largest absolute Gasteiger partial charge is 0.375 e. The van der Waals surface area contributed by atoms with Crippen LogP contribution in [0.25, 0.3) is 0 Å². The molecule has 0 saturated carbocycles. The van der Waals surface area contributed by atoms with Crippen LogP contribution in [-0.2, 0) is 9.53 Å². The van der Waals surface area contributed by atoms with Gasteiger partial charge in [0.25, 0.3) is 5.91 Å². The first-order valence-corrected chi connectivity index (χ1v) is 9.83. The summed E-state index contributed by atoms with van der Waals surface area (Å²) in [5.41, 5.74) is 2.74. The van der Waals surface area contributed by atoms with Crippen LogP contribution in [0.5, 0.6) is 0 Å². The van der Waals surface area contributed by atoms with Crippen molar-refractivity contribution in [3.05, 3.63) is 65.2 Å². The molecule has 0 spiro atoms. The Hall–Kier alpha value is -2.99. The lowest BCUT2D eigenvalue weighted by molar-refractivity contribution is -0.116. The molecule has 1 aliphatic heterocycles. The van der Waals surface area contributed by atoms with E-state index in [4.69, 9.17) is 4.74 Å². The average molecular weight is 394 g/mol. The number of Topliss-reactive ketones (excluding diaryl/α,β-unsaturated/α-hetero) is 1. The number of amides is 2. The summed E-state index contributed by atoms with van der Waals surface area (Å²) in [6, 6.07) is 14.2. The van der Waals surface area contributed by atoms with Crippen LogP contribution in [0.4, 0.5) is 5.69 Å². The van der Waals surface area contributed by atoms with Gasteiger partial charge in [0.15, 0.2) is 5.78 Å². The quantitative estimate of drug-likeness (QED) is 0.762. The number of benzene rings is 2. The zero-order valence-corrected chi connectivity index (χ0v) is 16.8. The van der Waals surface area contributed by atoms with Gasteiger partial charge in [-0.1, -0.05) is 24.3 Å². The fourth-order valence-corrected chi connectivity index (χ4v) is 3.35. The summed E-state index contributed by atoms with van der Waals surface area (Å²) in [4.78, 5) is 38.8. The highest BCUT2D eigenvalue weighted by Crippen LogP contribution is 2.15. The second-order valence-corrected chi connectivity index (χ2v) is 7.30. The number of hydrogen-bond donors (Lipinski definition) is 1. The zero-order valence-electron chi connectivity index (χ0n) is 16.8. The molecule has 2 amide bonds. The van der Waals surface area contributed by atoms with E-state index in [0.717, 1.165) is 5.56 Å². The van der Waals surface area contributed by atoms with Gasteiger partial charge < -0.3 is 15.0 Å². The molecule has 1 heterocycles. The van der Waals surface area contributed by atoms with E-state index < -0.39 is 0 Å². The molecule has 152 valence electrons. The van der Waals surface area contributed by atoms with E-state index in [2.05, 4.69) is 5.32 Å². The highest BCUT2D eigenvalue weighted by molar-refractivity contribution is 6.01. The monoisotopic (exact) mass is 394 g/mol. The minimum absolute atomic E-state index is 0.0358. The summed E-state index contributed by atoms with van der Waals surface area (Å²) in [5, 5.41) is 2.78. The fourth-order valence-electron chi connectivity index (χ4n) is 3.35. The highest BCUT2D eigenvalue weighted by Gasteiger charge is 2.22. The molecular formula is C23H26N2O4. The molecule has 0 bridgehead atoms. The van der Waals surface area contributed by atoms with Crippen LogP contribution in [0.3, 0.4) is 0 Å². The summed E-state index contributed by atoms with van der Waals surface area (Å²) in [6.07, 6.45) is 0.302. The summed E-state index contributed by atoms with van der Waals surface area (Å²) in [7, 11) is 0. The molecule has 6 heteroatoms. The number of carbonyl (C=O) groups is 3. The SMILES string of the molecule is Cc1ccccc1C(=O)CCC(=O)Nc1ccc(C(=O)N2CCOC(C)C2)cc1. The molecule has 2 aromatic rings. The van der Waals surface area contributed by atoms with Gasteiger partial charge in [0.1, 0.15) is 0 Å². The number of hydrogen-bond acceptors (Lipinski definition) is 4. The molecule has 1 atom stereocenters. The Morgan fingerprint density at radius 1 is 1.07 bits per heavy atom. The van der Waals surface area contributed by atoms with Gasteiger partial charge in [-0.05, 0) is 43.7 Å². The number of aryl methyl sites for hydroxylation is 1. The Bertz CT molecular complexity index is 892. The molecule has 1 saturated heterocycles. The molecule has 0 aromatic heterocycles. The lowest BCUT2D eigenvalue weighted by Gasteiger charge is -2.31. The molecule has 1 N–H and O–H groups in total. The van der Waals surface area contributed by atoms with Crippen LogP contribution in [0.15, 0.2) is 48.5 Å². The van der Waals surface area contributed by atoms with Crippen molar-refractivity contribution >= 4 is 23.3 Å². The zero-order chi connectivity index (χ0) is 20.8. The highest BCUT2D eigenvalue weighted by atomic mass is 16.5. The van der Waals surface area contributed by atoms with E-state index in [1.54, 1.807) is 35.2 Å². The third-order valence-electron chi connectivity index (χ3n) is 4.97. The number of ether oxygens (including phenoxy) is 1. The topological polar surface area (TPSA) is 75.7 Å². The average Bonchev–Trinajstić information content (AvgIpc) is 2.72. The van der Waals surface area contributed by atoms with E-state index >= 15 is 0 Å². The molecule has 29 heavy (non-hydrogen) atoms. The van der Waals surface area contributed by atoms with E-state index in [0.29, 0.717) is 36.5 Å². The van der Waals surface area contributed by atoms with Crippen molar-refractivity contribution in [3.8, 4) is 0 Å². The Labute approximate surface area is 170 Å². The van der Waals surface area contributed by atoms with Gasteiger partial charge in [0.05, 0.1) is 12.7 Å². The molecule has 0 radical (unpaired) electrons. The number of anilines is 1. The van der Waals surface area contributed by atoms with Gasteiger partial charge in [0, 0.05) is 42.7 Å². The number of rotatable bonds is 6. The fraction of sp³-hybridized carbons (Fsp3) is 0.348. The molecule has 0 aliphatic carbocycles. The van der Waals surface area contributed by atoms with Gasteiger partial charge in [-0.25, -0.2) is 0 Å². The molecule has 3 rings (SSSR count). The van der Waals surface area contributed by atoms with Crippen LogP contribution in [0, 0.1) is 6.92 Å². The van der Waals surface area contributed by atoms with Crippen molar-refractivity contribution < 1.29 is 19.1 Å². The summed E-state index contributed by atoms with van der Waals surface area (Å²) in [5.74, 6) is -0.311. The lowest BCUT2D eigenvalue weighted by atomic mass is 10.0. The van der Waals surface area contributed by atoms with Gasteiger partial charge in [0.2, 0.25) is 5.91 Å². The van der Waals surface area contributed by atoms with Crippen molar-refractivity contribution in [1.82, 2.24) is 4.90 Å². The Balaban J connectivity index is 1.51. The minimum atomic E-state index is -0.229. The number of nitrogens with zero attached hydrogens (tertiary/aromatic N) is 1. The minimum Gasteiger partial charge on any atom is -0.375 e. The summed E-state index contributed by atoms with van der Waals surface area (Å²) < 4.78 is 5.47. The van der Waals surface area contributed by atoms with Gasteiger partial charge in [-0.15, -0.1) is 0 Å². The number of carbonyl (C=O) groups excluding carboxylic acids is 3.